The lowest BCUT2D eigenvalue weighted by atomic mass is 10.2. The molecule has 0 aliphatic carbocycles. The van der Waals surface area contributed by atoms with Gasteiger partial charge < -0.3 is 10.6 Å². The Bertz CT molecular complexity index is 386. The second-order valence-corrected chi connectivity index (χ2v) is 7.98. The third-order valence-electron chi connectivity index (χ3n) is 3.29. The minimum atomic E-state index is -3.17. The van der Waals surface area contributed by atoms with Gasteiger partial charge in [0.05, 0.1) is 11.3 Å². The van der Waals surface area contributed by atoms with E-state index in [0.29, 0.717) is 6.54 Å². The molecule has 1 fully saturated rings. The summed E-state index contributed by atoms with van der Waals surface area (Å²) >= 11 is 0. The van der Waals surface area contributed by atoms with Crippen LogP contribution in [-0.2, 0) is 14.6 Å². The summed E-state index contributed by atoms with van der Waals surface area (Å²) in [5.41, 5.74) is 0. The minimum absolute atomic E-state index is 0.117. The highest BCUT2D eigenvalue weighted by Gasteiger charge is 2.30. The molecule has 1 amide bonds. The number of nitrogens with zero attached hydrogens (tertiary/aromatic N) is 1. The molecular formula is C11H23N3O3S. The van der Waals surface area contributed by atoms with Crippen LogP contribution < -0.4 is 10.6 Å². The number of hydrogen-bond acceptors (Lipinski definition) is 5. The summed E-state index contributed by atoms with van der Waals surface area (Å²) in [5, 5.41) is 5.91. The zero-order valence-corrected chi connectivity index (χ0v) is 12.1. The van der Waals surface area contributed by atoms with Gasteiger partial charge in [-0.2, -0.15) is 0 Å². The SMILES string of the molecule is CC(C)(CNC(=O)CN1CCNCC1)S(C)(=O)=O. The molecule has 0 aromatic rings. The standard InChI is InChI=1S/C11H23N3O3S/c1-11(2,18(3,16)17)9-13-10(15)8-14-6-4-12-5-7-14/h12H,4-9H2,1-3H3,(H,13,15). The van der Waals surface area contributed by atoms with Gasteiger partial charge in [-0.1, -0.05) is 0 Å². The number of hydrogen-bond donors (Lipinski definition) is 2. The Labute approximate surface area is 109 Å². The van der Waals surface area contributed by atoms with Crippen LogP contribution in [0.3, 0.4) is 0 Å². The molecule has 6 nitrogen and oxygen atoms in total. The summed E-state index contributed by atoms with van der Waals surface area (Å²) in [7, 11) is -3.17. The summed E-state index contributed by atoms with van der Waals surface area (Å²) in [6.45, 7) is 7.20. The molecule has 0 aromatic heterocycles. The van der Waals surface area contributed by atoms with Gasteiger partial charge in [-0.15, -0.1) is 0 Å². The van der Waals surface area contributed by atoms with E-state index in [2.05, 4.69) is 15.5 Å². The maximum atomic E-state index is 11.7. The highest BCUT2D eigenvalue weighted by molar-refractivity contribution is 7.92. The first-order chi connectivity index (χ1) is 8.22. The first kappa shape index (κ1) is 15.4. The molecule has 0 aromatic carbocycles. The van der Waals surface area contributed by atoms with Crippen LogP contribution in [-0.4, -0.2) is 69.5 Å². The average Bonchev–Trinajstić information content (AvgIpc) is 2.26. The third kappa shape index (κ3) is 4.55. The fourth-order valence-electron chi connectivity index (χ4n) is 1.57. The summed E-state index contributed by atoms with van der Waals surface area (Å²) in [6, 6.07) is 0. The van der Waals surface area contributed by atoms with Crippen LogP contribution in [0, 0.1) is 0 Å². The van der Waals surface area contributed by atoms with Crippen molar-refractivity contribution in [2.75, 3.05) is 45.5 Å². The molecule has 1 saturated heterocycles. The molecule has 0 bridgehead atoms. The molecule has 0 saturated carbocycles. The van der Waals surface area contributed by atoms with E-state index in [4.69, 9.17) is 0 Å². The quantitative estimate of drug-likeness (QED) is 0.662. The second kappa shape index (κ2) is 5.99. The number of carbonyl (C=O) groups is 1. The van der Waals surface area contributed by atoms with E-state index in [0.717, 1.165) is 26.2 Å². The number of piperazine rings is 1. The van der Waals surface area contributed by atoms with E-state index in [1.54, 1.807) is 13.8 Å². The normalized spacial score (nSPS) is 18.6. The van der Waals surface area contributed by atoms with Crippen LogP contribution in [0.2, 0.25) is 0 Å². The van der Waals surface area contributed by atoms with Gasteiger partial charge in [0.1, 0.15) is 0 Å². The Morgan fingerprint density at radius 2 is 1.89 bits per heavy atom. The van der Waals surface area contributed by atoms with Gasteiger partial charge in [0, 0.05) is 39.0 Å². The Morgan fingerprint density at radius 1 is 1.33 bits per heavy atom. The lowest BCUT2D eigenvalue weighted by molar-refractivity contribution is -0.122. The molecule has 2 N–H and O–H groups in total. The highest BCUT2D eigenvalue weighted by atomic mass is 32.2. The molecule has 7 heteroatoms. The number of nitrogens with one attached hydrogen (secondary N) is 2. The third-order valence-corrected chi connectivity index (χ3v) is 5.44. The topological polar surface area (TPSA) is 78.5 Å². The van der Waals surface area contributed by atoms with Crippen LogP contribution in [0.5, 0.6) is 0 Å². The van der Waals surface area contributed by atoms with Crippen molar-refractivity contribution in [3.05, 3.63) is 0 Å². The molecule has 0 unspecified atom stereocenters. The molecule has 106 valence electrons. The second-order valence-electron chi connectivity index (χ2n) is 5.33. The van der Waals surface area contributed by atoms with Crippen molar-refractivity contribution >= 4 is 15.7 Å². The largest absolute Gasteiger partial charge is 0.353 e. The fraction of sp³-hybridized carbons (Fsp3) is 0.909. The molecule has 1 heterocycles. The van der Waals surface area contributed by atoms with Crippen LogP contribution in [0.4, 0.5) is 0 Å². The van der Waals surface area contributed by atoms with Gasteiger partial charge in [0.2, 0.25) is 5.91 Å². The minimum Gasteiger partial charge on any atom is -0.353 e. The fourth-order valence-corrected chi connectivity index (χ4v) is 1.91. The van der Waals surface area contributed by atoms with Crippen LogP contribution in [0.25, 0.3) is 0 Å². The predicted octanol–water partition coefficient (Wildman–Crippen LogP) is -1.17. The maximum Gasteiger partial charge on any atom is 0.234 e. The molecule has 0 spiro atoms. The van der Waals surface area contributed by atoms with Crippen molar-refractivity contribution in [2.24, 2.45) is 0 Å². The Hall–Kier alpha value is -0.660. The van der Waals surface area contributed by atoms with Gasteiger partial charge in [0.25, 0.3) is 0 Å². The zero-order chi connectivity index (χ0) is 13.8. The Morgan fingerprint density at radius 3 is 2.39 bits per heavy atom. The van der Waals surface area contributed by atoms with Crippen molar-refractivity contribution in [1.29, 1.82) is 0 Å². The van der Waals surface area contributed by atoms with Gasteiger partial charge in [-0.25, -0.2) is 8.42 Å². The summed E-state index contributed by atoms with van der Waals surface area (Å²) < 4.78 is 22.0. The van der Waals surface area contributed by atoms with E-state index < -0.39 is 14.6 Å². The van der Waals surface area contributed by atoms with Crippen LogP contribution >= 0.6 is 0 Å². The van der Waals surface area contributed by atoms with E-state index in [1.165, 1.54) is 6.26 Å². The van der Waals surface area contributed by atoms with Crippen LogP contribution in [0.1, 0.15) is 13.8 Å². The summed E-state index contributed by atoms with van der Waals surface area (Å²) in [6.07, 6.45) is 1.19. The zero-order valence-electron chi connectivity index (χ0n) is 11.3. The monoisotopic (exact) mass is 277 g/mol. The van der Waals surface area contributed by atoms with E-state index in [1.807, 2.05) is 0 Å². The van der Waals surface area contributed by atoms with Gasteiger partial charge >= 0.3 is 0 Å². The molecular weight excluding hydrogens is 254 g/mol. The average molecular weight is 277 g/mol. The first-order valence-electron chi connectivity index (χ1n) is 6.12. The molecule has 0 radical (unpaired) electrons. The molecule has 1 rings (SSSR count). The smallest absolute Gasteiger partial charge is 0.234 e. The van der Waals surface area contributed by atoms with Crippen LogP contribution in [0.15, 0.2) is 0 Å². The molecule has 1 aliphatic rings. The number of sulfone groups is 1. The van der Waals surface area contributed by atoms with E-state index in [-0.39, 0.29) is 12.5 Å². The van der Waals surface area contributed by atoms with E-state index in [9.17, 15) is 13.2 Å². The lowest BCUT2D eigenvalue weighted by Crippen LogP contribution is -2.50. The highest BCUT2D eigenvalue weighted by Crippen LogP contribution is 2.13. The number of carbonyl (C=O) groups excluding carboxylic acids is 1. The number of amides is 1. The van der Waals surface area contributed by atoms with Gasteiger partial charge in [0.15, 0.2) is 9.84 Å². The summed E-state index contributed by atoms with van der Waals surface area (Å²) in [5.74, 6) is -0.117. The molecule has 1 aliphatic heterocycles. The molecule has 18 heavy (non-hydrogen) atoms. The van der Waals surface area contributed by atoms with Crippen molar-refractivity contribution in [1.82, 2.24) is 15.5 Å². The molecule has 0 atom stereocenters. The van der Waals surface area contributed by atoms with E-state index >= 15 is 0 Å². The number of rotatable bonds is 5. The van der Waals surface area contributed by atoms with Crippen molar-refractivity contribution in [3.8, 4) is 0 Å². The maximum absolute atomic E-state index is 11.7. The summed E-state index contributed by atoms with van der Waals surface area (Å²) in [4.78, 5) is 13.8. The lowest BCUT2D eigenvalue weighted by Gasteiger charge is -2.27. The van der Waals surface area contributed by atoms with Crippen molar-refractivity contribution in [3.63, 3.8) is 0 Å². The Balaban J connectivity index is 2.37. The predicted molar refractivity (Wildman–Crippen MR) is 71.2 cm³/mol. The first-order valence-corrected chi connectivity index (χ1v) is 8.01. The van der Waals surface area contributed by atoms with Gasteiger partial charge in [-0.3, -0.25) is 9.69 Å². The van der Waals surface area contributed by atoms with Crippen molar-refractivity contribution < 1.29 is 13.2 Å². The Kier molecular flexibility index (Phi) is 5.12. The van der Waals surface area contributed by atoms with Gasteiger partial charge in [-0.05, 0) is 13.8 Å². The van der Waals surface area contributed by atoms with Crippen molar-refractivity contribution in [2.45, 2.75) is 18.6 Å².